The third-order valence-corrected chi connectivity index (χ3v) is 2.21. The van der Waals surface area contributed by atoms with Crippen LogP contribution >= 0.6 is 27.5 Å². The minimum absolute atomic E-state index is 0.0106. The van der Waals surface area contributed by atoms with Gasteiger partial charge in [-0.2, -0.15) is 0 Å². The highest BCUT2D eigenvalue weighted by Gasteiger charge is 2.02. The second-order valence-corrected chi connectivity index (χ2v) is 3.92. The van der Waals surface area contributed by atoms with Crippen molar-refractivity contribution in [1.82, 2.24) is 0 Å². The highest BCUT2D eigenvalue weighted by atomic mass is 79.9. The summed E-state index contributed by atoms with van der Waals surface area (Å²) in [6.07, 6.45) is 6.59. The summed E-state index contributed by atoms with van der Waals surface area (Å²) in [4.78, 5) is 0. The Bertz CT molecular complexity index is 302. The lowest BCUT2D eigenvalue weighted by molar-refractivity contribution is 1.09. The molecule has 0 aromatic rings. The van der Waals surface area contributed by atoms with E-state index in [1.807, 2.05) is 18.2 Å². The fourth-order valence-corrected chi connectivity index (χ4v) is 1.23. The van der Waals surface area contributed by atoms with Gasteiger partial charge in [0.1, 0.15) is 0 Å². The van der Waals surface area contributed by atoms with Crippen molar-refractivity contribution in [2.45, 2.75) is 6.42 Å². The van der Waals surface area contributed by atoms with Gasteiger partial charge in [-0.25, -0.2) is 0 Å². The predicted octanol–water partition coefficient (Wildman–Crippen LogP) is 3.60. The minimum atomic E-state index is -0.0106. The highest BCUT2D eigenvalue weighted by molar-refractivity contribution is 9.11. The molecule has 1 aliphatic carbocycles. The van der Waals surface area contributed by atoms with Crippen LogP contribution < -0.4 is 0 Å². The van der Waals surface area contributed by atoms with E-state index in [4.69, 9.17) is 11.6 Å². The van der Waals surface area contributed by atoms with E-state index in [-0.39, 0.29) is 5.92 Å². The Morgan fingerprint density at radius 3 is 3.17 bits per heavy atom. The molecule has 0 saturated carbocycles. The molecule has 0 aliphatic heterocycles. The van der Waals surface area contributed by atoms with Crippen LogP contribution in [0.25, 0.3) is 0 Å². The molecule has 12 heavy (non-hydrogen) atoms. The summed E-state index contributed by atoms with van der Waals surface area (Å²) in [6.45, 7) is 3.65. The summed E-state index contributed by atoms with van der Waals surface area (Å²) >= 11 is 9.12. The smallest absolute Gasteiger partial charge is 0.0736 e. The summed E-state index contributed by atoms with van der Waals surface area (Å²) in [7, 11) is 0. The molecule has 1 rings (SSSR count). The van der Waals surface area contributed by atoms with Gasteiger partial charge in [-0.1, -0.05) is 64.2 Å². The van der Waals surface area contributed by atoms with Crippen molar-refractivity contribution in [2.24, 2.45) is 5.92 Å². The number of hydrogen-bond acceptors (Lipinski definition) is 0. The van der Waals surface area contributed by atoms with Crippen LogP contribution in [0.4, 0.5) is 0 Å². The Labute approximate surface area is 86.1 Å². The molecule has 1 atom stereocenters. The highest BCUT2D eigenvalue weighted by Crippen LogP contribution is 2.17. The molecular weight excluding hydrogens is 235 g/mol. The van der Waals surface area contributed by atoms with Gasteiger partial charge in [-0.15, -0.1) is 0 Å². The molecule has 2 heteroatoms. The fourth-order valence-electron chi connectivity index (χ4n) is 0.806. The zero-order valence-electron chi connectivity index (χ0n) is 6.48. The molecule has 0 aromatic carbocycles. The van der Waals surface area contributed by atoms with Gasteiger partial charge in [-0.3, -0.25) is 0 Å². The fraction of sp³-hybridized carbons (Fsp3) is 0.200. The Kier molecular flexibility index (Phi) is 3.65. The van der Waals surface area contributed by atoms with Crippen molar-refractivity contribution in [3.05, 3.63) is 34.3 Å². The van der Waals surface area contributed by atoms with Crippen LogP contribution in [-0.2, 0) is 0 Å². The van der Waals surface area contributed by atoms with Crippen LogP contribution in [0.5, 0.6) is 0 Å². The summed E-state index contributed by atoms with van der Waals surface area (Å²) in [5.74, 6) is 6.01. The van der Waals surface area contributed by atoms with Gasteiger partial charge < -0.3 is 0 Å². The van der Waals surface area contributed by atoms with Crippen molar-refractivity contribution in [3.8, 4) is 11.8 Å². The summed E-state index contributed by atoms with van der Waals surface area (Å²) < 4.78 is 1.09. The van der Waals surface area contributed by atoms with Crippen LogP contribution in [0.2, 0.25) is 0 Å². The average molecular weight is 244 g/mol. The normalized spacial score (nSPS) is 28.5. The van der Waals surface area contributed by atoms with Crippen molar-refractivity contribution < 1.29 is 0 Å². The molecule has 62 valence electrons. The van der Waals surface area contributed by atoms with Crippen molar-refractivity contribution >= 4 is 27.5 Å². The third kappa shape index (κ3) is 2.89. The van der Waals surface area contributed by atoms with E-state index in [0.29, 0.717) is 5.03 Å². The van der Waals surface area contributed by atoms with Crippen LogP contribution in [0, 0.1) is 17.8 Å². The SMILES string of the molecule is C=C(Cl)C1C#CC/C(Br)=C\C=C/1. The molecule has 0 fully saturated rings. The molecule has 0 nitrogen and oxygen atoms in total. The van der Waals surface area contributed by atoms with Gasteiger partial charge in [0.05, 0.1) is 5.92 Å². The van der Waals surface area contributed by atoms with Crippen LogP contribution in [0.3, 0.4) is 0 Å². The van der Waals surface area contributed by atoms with E-state index in [0.717, 1.165) is 10.9 Å². The maximum absolute atomic E-state index is 5.74. The molecule has 0 saturated heterocycles. The van der Waals surface area contributed by atoms with E-state index in [1.54, 1.807) is 0 Å². The second-order valence-electron chi connectivity index (χ2n) is 2.42. The lowest BCUT2D eigenvalue weighted by Gasteiger charge is -2.02. The van der Waals surface area contributed by atoms with Gasteiger partial charge in [0.15, 0.2) is 0 Å². The van der Waals surface area contributed by atoms with Gasteiger partial charge >= 0.3 is 0 Å². The first-order valence-electron chi connectivity index (χ1n) is 3.55. The van der Waals surface area contributed by atoms with Crippen molar-refractivity contribution in [1.29, 1.82) is 0 Å². The Balaban J connectivity index is 2.83. The van der Waals surface area contributed by atoms with Gasteiger partial charge in [0.25, 0.3) is 0 Å². The number of hydrogen-bond donors (Lipinski definition) is 0. The molecule has 0 heterocycles. The summed E-state index contributed by atoms with van der Waals surface area (Å²) in [6, 6.07) is 0. The number of rotatable bonds is 1. The third-order valence-electron chi connectivity index (χ3n) is 1.43. The van der Waals surface area contributed by atoms with Gasteiger partial charge in [0.2, 0.25) is 0 Å². The summed E-state index contributed by atoms with van der Waals surface area (Å²) in [5, 5.41) is 0.574. The van der Waals surface area contributed by atoms with Crippen molar-refractivity contribution in [2.75, 3.05) is 0 Å². The van der Waals surface area contributed by atoms with Gasteiger partial charge in [0, 0.05) is 15.9 Å². The number of halogens is 2. The molecule has 1 aliphatic rings. The first kappa shape index (κ1) is 9.64. The summed E-state index contributed by atoms with van der Waals surface area (Å²) in [5.41, 5.74) is 0. The predicted molar refractivity (Wildman–Crippen MR) is 57.0 cm³/mol. The first-order valence-corrected chi connectivity index (χ1v) is 4.73. The van der Waals surface area contributed by atoms with E-state index >= 15 is 0 Å². The average Bonchev–Trinajstić information content (AvgIpc) is 1.95. The molecule has 0 aromatic heterocycles. The topological polar surface area (TPSA) is 0 Å². The Hall–Kier alpha value is -0.450. The lowest BCUT2D eigenvalue weighted by Crippen LogP contribution is -1.91. The molecule has 0 bridgehead atoms. The number of allylic oxidation sites excluding steroid dienone is 5. The largest absolute Gasteiger partial charge is 0.0969 e. The van der Waals surface area contributed by atoms with Crippen LogP contribution in [-0.4, -0.2) is 0 Å². The monoisotopic (exact) mass is 242 g/mol. The molecule has 1 unspecified atom stereocenters. The van der Waals surface area contributed by atoms with Crippen molar-refractivity contribution in [3.63, 3.8) is 0 Å². The Morgan fingerprint density at radius 1 is 1.75 bits per heavy atom. The minimum Gasteiger partial charge on any atom is -0.0969 e. The standard InChI is InChI=1S/C10H8BrCl/c1-8(12)9-4-2-6-10(11)7-3-5-9/h2,4,6,9H,1,7H2/b4-2-,10-6+. The van der Waals surface area contributed by atoms with Crippen LogP contribution in [0.1, 0.15) is 6.42 Å². The maximum atomic E-state index is 5.74. The molecule has 0 spiro atoms. The first-order chi connectivity index (χ1) is 5.70. The molecular formula is C10H8BrCl. The quantitative estimate of drug-likeness (QED) is 0.617. The molecule has 0 radical (unpaired) electrons. The van der Waals surface area contributed by atoms with E-state index in [2.05, 4.69) is 34.3 Å². The molecule has 0 N–H and O–H groups in total. The van der Waals surface area contributed by atoms with E-state index < -0.39 is 0 Å². The molecule has 0 amide bonds. The second kappa shape index (κ2) is 4.54. The Morgan fingerprint density at radius 2 is 2.50 bits per heavy atom. The van der Waals surface area contributed by atoms with Gasteiger partial charge in [-0.05, 0) is 0 Å². The zero-order chi connectivity index (χ0) is 8.97. The van der Waals surface area contributed by atoms with E-state index in [9.17, 15) is 0 Å². The lowest BCUT2D eigenvalue weighted by atomic mass is 10.1. The van der Waals surface area contributed by atoms with Crippen LogP contribution in [0.15, 0.2) is 34.3 Å². The zero-order valence-corrected chi connectivity index (χ0v) is 8.82. The maximum Gasteiger partial charge on any atom is 0.0736 e. The van der Waals surface area contributed by atoms with E-state index in [1.165, 1.54) is 0 Å².